The Kier molecular flexibility index (Phi) is 5.97. The van der Waals surface area contributed by atoms with E-state index in [0.717, 1.165) is 31.6 Å². The molecule has 0 saturated carbocycles. The Morgan fingerprint density at radius 1 is 1.15 bits per heavy atom. The third-order valence-corrected chi connectivity index (χ3v) is 6.48. The Hall–Kier alpha value is -1.47. The quantitative estimate of drug-likeness (QED) is 0.786. The van der Waals surface area contributed by atoms with Crippen molar-refractivity contribution in [2.24, 2.45) is 0 Å². The van der Waals surface area contributed by atoms with Crippen molar-refractivity contribution < 1.29 is 13.2 Å². The molecule has 1 unspecified atom stereocenters. The van der Waals surface area contributed by atoms with Crippen LogP contribution >= 0.6 is 23.2 Å². The van der Waals surface area contributed by atoms with Gasteiger partial charge >= 0.3 is 0 Å². The van der Waals surface area contributed by atoms with E-state index in [-0.39, 0.29) is 16.0 Å². The summed E-state index contributed by atoms with van der Waals surface area (Å²) >= 11 is 11.9. The lowest BCUT2D eigenvalue weighted by Gasteiger charge is -2.33. The fourth-order valence-electron chi connectivity index (χ4n) is 3.00. The lowest BCUT2D eigenvalue weighted by atomic mass is 10.1. The molecule has 5 nitrogen and oxygen atoms in total. The molecule has 1 atom stereocenters. The number of ether oxygens (including phenoxy) is 1. The molecule has 0 aromatic heterocycles. The second-order valence-electron chi connectivity index (χ2n) is 6.17. The molecule has 1 aliphatic heterocycles. The van der Waals surface area contributed by atoms with E-state index in [2.05, 4.69) is 9.62 Å². The van der Waals surface area contributed by atoms with Crippen molar-refractivity contribution >= 4 is 44.6 Å². The van der Waals surface area contributed by atoms with Gasteiger partial charge in [0.2, 0.25) is 0 Å². The van der Waals surface area contributed by atoms with Gasteiger partial charge in [0.05, 0.1) is 11.1 Å². The predicted molar refractivity (Wildman–Crippen MR) is 106 cm³/mol. The highest BCUT2D eigenvalue weighted by atomic mass is 35.5. The third kappa shape index (κ3) is 4.43. The number of benzene rings is 2. The average Bonchev–Trinajstić information content (AvgIpc) is 2.64. The van der Waals surface area contributed by atoms with Gasteiger partial charge in [0, 0.05) is 36.6 Å². The first-order chi connectivity index (χ1) is 12.4. The fraction of sp³-hybridized carbons (Fsp3) is 0.333. The monoisotopic (exact) mass is 414 g/mol. The highest BCUT2D eigenvalue weighted by Crippen LogP contribution is 2.28. The fourth-order valence-corrected chi connectivity index (χ4v) is 4.82. The molecule has 0 aliphatic carbocycles. The van der Waals surface area contributed by atoms with E-state index in [9.17, 15) is 8.42 Å². The molecule has 3 rings (SSSR count). The van der Waals surface area contributed by atoms with Gasteiger partial charge in [0.25, 0.3) is 10.0 Å². The van der Waals surface area contributed by atoms with Crippen LogP contribution < -0.4 is 9.62 Å². The first-order valence-electron chi connectivity index (χ1n) is 8.25. The van der Waals surface area contributed by atoms with Crippen LogP contribution in [0.5, 0.6) is 0 Å². The van der Waals surface area contributed by atoms with Crippen molar-refractivity contribution in [2.45, 2.75) is 23.8 Å². The van der Waals surface area contributed by atoms with E-state index in [0.29, 0.717) is 10.7 Å². The van der Waals surface area contributed by atoms with Crippen LogP contribution in [0.15, 0.2) is 47.4 Å². The second kappa shape index (κ2) is 8.05. The van der Waals surface area contributed by atoms with Crippen molar-refractivity contribution in [2.75, 3.05) is 29.8 Å². The number of anilines is 2. The normalized spacial score (nSPS) is 18.0. The summed E-state index contributed by atoms with van der Waals surface area (Å²) in [6, 6.07) is 11.6. The van der Waals surface area contributed by atoms with Crippen molar-refractivity contribution in [1.82, 2.24) is 0 Å². The van der Waals surface area contributed by atoms with Crippen LogP contribution in [0.1, 0.15) is 12.8 Å². The van der Waals surface area contributed by atoms with Gasteiger partial charge in [-0.3, -0.25) is 4.72 Å². The van der Waals surface area contributed by atoms with Crippen molar-refractivity contribution in [1.29, 1.82) is 0 Å². The van der Waals surface area contributed by atoms with E-state index < -0.39 is 10.0 Å². The summed E-state index contributed by atoms with van der Waals surface area (Å²) in [7, 11) is -2.09. The summed E-state index contributed by atoms with van der Waals surface area (Å²) in [5.74, 6) is 0. The Morgan fingerprint density at radius 3 is 2.58 bits per heavy atom. The number of methoxy groups -OCH3 is 1. The molecule has 2 aromatic carbocycles. The molecule has 0 radical (unpaired) electrons. The van der Waals surface area contributed by atoms with Gasteiger partial charge in [-0.05, 0) is 55.3 Å². The van der Waals surface area contributed by atoms with E-state index in [4.69, 9.17) is 27.9 Å². The number of halogens is 2. The molecule has 1 saturated heterocycles. The maximum Gasteiger partial charge on any atom is 0.263 e. The zero-order chi connectivity index (χ0) is 18.7. The van der Waals surface area contributed by atoms with Gasteiger partial charge in [0.1, 0.15) is 4.90 Å². The minimum absolute atomic E-state index is 0.0466. The summed E-state index contributed by atoms with van der Waals surface area (Å²) in [6.45, 7) is 1.79. The lowest BCUT2D eigenvalue weighted by molar-refractivity contribution is 0.0893. The number of hydrogen-bond acceptors (Lipinski definition) is 4. The highest BCUT2D eigenvalue weighted by molar-refractivity contribution is 7.92. The highest BCUT2D eigenvalue weighted by Gasteiger charge is 2.21. The molecule has 1 heterocycles. The summed E-state index contributed by atoms with van der Waals surface area (Å²) in [5, 5.41) is 0.431. The number of hydrogen-bond donors (Lipinski definition) is 1. The van der Waals surface area contributed by atoms with Crippen LogP contribution in [0.3, 0.4) is 0 Å². The minimum Gasteiger partial charge on any atom is -0.380 e. The smallest absolute Gasteiger partial charge is 0.263 e. The summed E-state index contributed by atoms with van der Waals surface area (Å²) < 4.78 is 33.1. The number of nitrogens with one attached hydrogen (secondary N) is 1. The van der Waals surface area contributed by atoms with Gasteiger partial charge < -0.3 is 9.64 Å². The standard InChI is InChI=1S/C18H20Cl2N2O3S/c1-25-16-3-2-10-22(12-16)15-7-5-14(6-8-15)21-26(23,24)18-11-13(19)4-9-17(18)20/h4-9,11,16,21H,2-3,10,12H2,1H3. The van der Waals surface area contributed by atoms with Crippen LogP contribution in [0, 0.1) is 0 Å². The van der Waals surface area contributed by atoms with Crippen LogP contribution in [-0.2, 0) is 14.8 Å². The first kappa shape index (κ1) is 19.3. The van der Waals surface area contributed by atoms with Crippen LogP contribution in [0.4, 0.5) is 11.4 Å². The van der Waals surface area contributed by atoms with Crippen molar-refractivity contribution in [3.63, 3.8) is 0 Å². The molecule has 0 bridgehead atoms. The van der Waals surface area contributed by atoms with Crippen LogP contribution in [-0.4, -0.2) is 34.7 Å². The molecule has 8 heteroatoms. The van der Waals surface area contributed by atoms with E-state index in [1.807, 2.05) is 12.1 Å². The summed E-state index contributed by atoms with van der Waals surface area (Å²) in [6.07, 6.45) is 2.36. The maximum absolute atomic E-state index is 12.6. The van der Waals surface area contributed by atoms with Crippen molar-refractivity contribution in [3.8, 4) is 0 Å². The molecular formula is C18H20Cl2N2O3S. The van der Waals surface area contributed by atoms with Gasteiger partial charge in [-0.1, -0.05) is 23.2 Å². The van der Waals surface area contributed by atoms with Gasteiger partial charge in [-0.15, -0.1) is 0 Å². The zero-order valence-electron chi connectivity index (χ0n) is 14.3. The first-order valence-corrected chi connectivity index (χ1v) is 10.5. The molecule has 0 amide bonds. The van der Waals surface area contributed by atoms with Crippen LogP contribution in [0.25, 0.3) is 0 Å². The Bertz CT molecular complexity index is 873. The maximum atomic E-state index is 12.6. The van der Waals surface area contributed by atoms with E-state index in [1.165, 1.54) is 12.1 Å². The summed E-state index contributed by atoms with van der Waals surface area (Å²) in [5.41, 5.74) is 1.50. The average molecular weight is 415 g/mol. The molecule has 2 aromatic rings. The molecule has 26 heavy (non-hydrogen) atoms. The van der Waals surface area contributed by atoms with Gasteiger partial charge in [-0.25, -0.2) is 8.42 Å². The lowest BCUT2D eigenvalue weighted by Crippen LogP contribution is -2.39. The topological polar surface area (TPSA) is 58.6 Å². The summed E-state index contributed by atoms with van der Waals surface area (Å²) in [4.78, 5) is 2.19. The number of sulfonamides is 1. The molecular weight excluding hydrogens is 395 g/mol. The predicted octanol–water partition coefficient (Wildman–Crippen LogP) is 4.41. The Morgan fingerprint density at radius 2 is 1.88 bits per heavy atom. The molecule has 1 fully saturated rings. The Labute approximate surface area is 163 Å². The van der Waals surface area contributed by atoms with Crippen molar-refractivity contribution in [3.05, 3.63) is 52.5 Å². The van der Waals surface area contributed by atoms with E-state index in [1.54, 1.807) is 25.3 Å². The third-order valence-electron chi connectivity index (χ3n) is 4.38. The van der Waals surface area contributed by atoms with E-state index >= 15 is 0 Å². The van der Waals surface area contributed by atoms with Gasteiger partial charge in [0.15, 0.2) is 0 Å². The minimum atomic E-state index is -3.82. The number of rotatable bonds is 5. The second-order valence-corrected chi connectivity index (χ2v) is 8.67. The Balaban J connectivity index is 1.75. The molecule has 0 spiro atoms. The molecule has 140 valence electrons. The number of nitrogens with zero attached hydrogens (tertiary/aromatic N) is 1. The number of piperidine rings is 1. The largest absolute Gasteiger partial charge is 0.380 e. The van der Waals surface area contributed by atoms with Gasteiger partial charge in [-0.2, -0.15) is 0 Å². The SMILES string of the molecule is COC1CCCN(c2ccc(NS(=O)(=O)c3cc(Cl)ccc3Cl)cc2)C1. The molecule has 1 N–H and O–H groups in total. The molecule has 1 aliphatic rings. The van der Waals surface area contributed by atoms with Crippen LogP contribution in [0.2, 0.25) is 10.0 Å². The zero-order valence-corrected chi connectivity index (χ0v) is 16.6.